The van der Waals surface area contributed by atoms with Crippen LogP contribution in [0, 0.1) is 6.92 Å². The third-order valence-electron chi connectivity index (χ3n) is 3.02. The van der Waals surface area contributed by atoms with E-state index in [0.29, 0.717) is 5.75 Å². The maximum absolute atomic E-state index is 10.8. The first-order chi connectivity index (χ1) is 8.38. The Balaban J connectivity index is 3.35. The molecule has 0 heterocycles. The van der Waals surface area contributed by atoms with E-state index in [4.69, 9.17) is 15.6 Å². The number of hydrogen-bond donors (Lipinski definition) is 2. The summed E-state index contributed by atoms with van der Waals surface area (Å²) >= 11 is 0. The molecule has 1 aromatic carbocycles. The van der Waals surface area contributed by atoms with E-state index < -0.39 is 12.0 Å². The van der Waals surface area contributed by atoms with E-state index in [0.717, 1.165) is 16.7 Å². The number of benzene rings is 1. The molecule has 0 aliphatic carbocycles. The van der Waals surface area contributed by atoms with Crippen molar-refractivity contribution in [1.29, 1.82) is 0 Å². The van der Waals surface area contributed by atoms with Crippen molar-refractivity contribution in [2.45, 2.75) is 39.2 Å². The predicted octanol–water partition coefficient (Wildman–Crippen LogP) is 2.60. The first kappa shape index (κ1) is 14.5. The maximum Gasteiger partial charge on any atom is 0.305 e. The van der Waals surface area contributed by atoms with Crippen LogP contribution in [0.2, 0.25) is 0 Å². The number of hydrogen-bond acceptors (Lipinski definition) is 3. The number of nitrogens with two attached hydrogens (primary N) is 1. The van der Waals surface area contributed by atoms with Crippen LogP contribution in [0.25, 0.3) is 0 Å². The van der Waals surface area contributed by atoms with Crippen LogP contribution in [0.15, 0.2) is 12.1 Å². The topological polar surface area (TPSA) is 72.5 Å². The van der Waals surface area contributed by atoms with Crippen molar-refractivity contribution in [3.63, 3.8) is 0 Å². The average Bonchev–Trinajstić information content (AvgIpc) is 2.26. The van der Waals surface area contributed by atoms with Gasteiger partial charge in [0.15, 0.2) is 0 Å². The number of aryl methyl sites for hydroxylation is 1. The van der Waals surface area contributed by atoms with Crippen molar-refractivity contribution >= 4 is 5.97 Å². The minimum Gasteiger partial charge on any atom is -0.496 e. The molecule has 0 radical (unpaired) electrons. The van der Waals surface area contributed by atoms with Gasteiger partial charge in [0.1, 0.15) is 5.75 Å². The van der Waals surface area contributed by atoms with Crippen molar-refractivity contribution in [3.8, 4) is 5.75 Å². The number of rotatable bonds is 5. The summed E-state index contributed by atoms with van der Waals surface area (Å²) in [7, 11) is 1.59. The van der Waals surface area contributed by atoms with Gasteiger partial charge in [-0.3, -0.25) is 4.79 Å². The molecule has 18 heavy (non-hydrogen) atoms. The molecule has 0 fully saturated rings. The summed E-state index contributed by atoms with van der Waals surface area (Å²) in [5.74, 6) is 0.0741. The highest BCUT2D eigenvalue weighted by atomic mass is 16.5. The molecular weight excluding hydrogens is 230 g/mol. The van der Waals surface area contributed by atoms with Crippen molar-refractivity contribution in [1.82, 2.24) is 0 Å². The molecule has 1 aromatic rings. The summed E-state index contributed by atoms with van der Waals surface area (Å²) in [6, 6.07) is 3.43. The highest BCUT2D eigenvalue weighted by Gasteiger charge is 2.21. The zero-order chi connectivity index (χ0) is 13.9. The summed E-state index contributed by atoms with van der Waals surface area (Å²) in [4.78, 5) is 10.8. The fourth-order valence-electron chi connectivity index (χ4n) is 2.17. The quantitative estimate of drug-likeness (QED) is 0.843. The summed E-state index contributed by atoms with van der Waals surface area (Å²) in [6.45, 7) is 6.04. The molecule has 1 rings (SSSR count). The van der Waals surface area contributed by atoms with Gasteiger partial charge in [-0.15, -0.1) is 0 Å². The number of carbonyl (C=O) groups is 1. The summed E-state index contributed by atoms with van der Waals surface area (Å²) in [5.41, 5.74) is 8.85. The molecule has 0 aliphatic rings. The van der Waals surface area contributed by atoms with E-state index in [-0.39, 0.29) is 12.3 Å². The molecule has 0 aromatic heterocycles. The van der Waals surface area contributed by atoms with Gasteiger partial charge in [0.05, 0.1) is 13.5 Å². The monoisotopic (exact) mass is 251 g/mol. The Kier molecular flexibility index (Phi) is 4.73. The minimum atomic E-state index is -0.902. The Morgan fingerprint density at radius 1 is 1.44 bits per heavy atom. The minimum absolute atomic E-state index is 0.0977. The molecule has 1 unspecified atom stereocenters. The molecule has 0 amide bonds. The Hall–Kier alpha value is -1.55. The summed E-state index contributed by atoms with van der Waals surface area (Å²) in [6.07, 6.45) is -0.0977. The van der Waals surface area contributed by atoms with Gasteiger partial charge in [-0.2, -0.15) is 0 Å². The SMILES string of the molecule is COc1c(C)ccc(C(C)C)c1C(N)CC(=O)O. The Morgan fingerprint density at radius 3 is 2.50 bits per heavy atom. The van der Waals surface area contributed by atoms with E-state index in [1.165, 1.54) is 0 Å². The fraction of sp³-hybridized carbons (Fsp3) is 0.500. The molecule has 0 spiro atoms. The second-order valence-corrected chi connectivity index (χ2v) is 4.78. The number of ether oxygens (including phenoxy) is 1. The molecule has 0 aliphatic heterocycles. The van der Waals surface area contributed by atoms with Gasteiger partial charge >= 0.3 is 5.97 Å². The zero-order valence-electron chi connectivity index (χ0n) is 11.4. The van der Waals surface area contributed by atoms with E-state index in [1.54, 1.807) is 7.11 Å². The standard InChI is InChI=1S/C14H21NO3/c1-8(2)10-6-5-9(3)14(18-4)13(10)11(15)7-12(16)17/h5-6,8,11H,7,15H2,1-4H3,(H,16,17). The predicted molar refractivity (Wildman–Crippen MR) is 71.0 cm³/mol. The maximum atomic E-state index is 10.8. The van der Waals surface area contributed by atoms with Crippen molar-refractivity contribution in [2.24, 2.45) is 5.73 Å². The van der Waals surface area contributed by atoms with Gasteiger partial charge < -0.3 is 15.6 Å². The molecule has 1 atom stereocenters. The smallest absolute Gasteiger partial charge is 0.305 e. The molecule has 4 nitrogen and oxygen atoms in total. The van der Waals surface area contributed by atoms with Crippen LogP contribution < -0.4 is 10.5 Å². The van der Waals surface area contributed by atoms with Crippen LogP contribution in [-0.2, 0) is 4.79 Å². The Morgan fingerprint density at radius 2 is 2.06 bits per heavy atom. The molecule has 0 saturated carbocycles. The number of carboxylic acids is 1. The van der Waals surface area contributed by atoms with Gasteiger partial charge in [-0.1, -0.05) is 26.0 Å². The van der Waals surface area contributed by atoms with Crippen LogP contribution in [-0.4, -0.2) is 18.2 Å². The Bertz CT molecular complexity index is 441. The molecule has 100 valence electrons. The van der Waals surface area contributed by atoms with Gasteiger partial charge in [0, 0.05) is 11.6 Å². The lowest BCUT2D eigenvalue weighted by molar-refractivity contribution is -0.137. The molecule has 4 heteroatoms. The van der Waals surface area contributed by atoms with Gasteiger partial charge in [-0.25, -0.2) is 0 Å². The van der Waals surface area contributed by atoms with E-state index >= 15 is 0 Å². The lowest BCUT2D eigenvalue weighted by Crippen LogP contribution is -2.18. The molecule has 0 saturated heterocycles. The first-order valence-electron chi connectivity index (χ1n) is 6.03. The van der Waals surface area contributed by atoms with Crippen molar-refractivity contribution < 1.29 is 14.6 Å². The van der Waals surface area contributed by atoms with E-state index in [1.807, 2.05) is 19.1 Å². The number of aliphatic carboxylic acids is 1. The van der Waals surface area contributed by atoms with Gasteiger partial charge in [0.25, 0.3) is 0 Å². The first-order valence-corrected chi connectivity index (χ1v) is 6.03. The van der Waals surface area contributed by atoms with Crippen molar-refractivity contribution in [2.75, 3.05) is 7.11 Å². The molecule has 3 N–H and O–H groups in total. The van der Waals surface area contributed by atoms with Crippen molar-refractivity contribution in [3.05, 3.63) is 28.8 Å². The van der Waals surface area contributed by atoms with Crippen LogP contribution in [0.1, 0.15) is 48.9 Å². The third kappa shape index (κ3) is 3.01. The Labute approximate surface area is 108 Å². The second-order valence-electron chi connectivity index (χ2n) is 4.78. The highest BCUT2D eigenvalue weighted by molar-refractivity contribution is 5.68. The lowest BCUT2D eigenvalue weighted by Gasteiger charge is -2.22. The molecular formula is C14H21NO3. The average molecular weight is 251 g/mol. The zero-order valence-corrected chi connectivity index (χ0v) is 11.4. The largest absolute Gasteiger partial charge is 0.496 e. The summed E-state index contributed by atoms with van der Waals surface area (Å²) in [5, 5.41) is 8.89. The third-order valence-corrected chi connectivity index (χ3v) is 3.02. The van der Waals surface area contributed by atoms with Crippen LogP contribution in [0.5, 0.6) is 5.75 Å². The van der Waals surface area contributed by atoms with E-state index in [9.17, 15) is 4.79 Å². The number of methoxy groups -OCH3 is 1. The molecule has 0 bridgehead atoms. The van der Waals surface area contributed by atoms with E-state index in [2.05, 4.69) is 13.8 Å². The normalized spacial score (nSPS) is 12.6. The highest BCUT2D eigenvalue weighted by Crippen LogP contribution is 2.35. The number of carboxylic acid groups (broad SMARTS) is 1. The lowest BCUT2D eigenvalue weighted by atomic mass is 9.89. The van der Waals surface area contributed by atoms with Crippen LogP contribution >= 0.6 is 0 Å². The fourth-order valence-corrected chi connectivity index (χ4v) is 2.17. The second kappa shape index (κ2) is 5.87. The summed E-state index contributed by atoms with van der Waals surface area (Å²) < 4.78 is 5.40. The van der Waals surface area contributed by atoms with Gasteiger partial charge in [-0.05, 0) is 24.0 Å². The van der Waals surface area contributed by atoms with Crippen LogP contribution in [0.3, 0.4) is 0 Å². The van der Waals surface area contributed by atoms with Crippen LogP contribution in [0.4, 0.5) is 0 Å². The van der Waals surface area contributed by atoms with Gasteiger partial charge in [0.2, 0.25) is 0 Å².